The van der Waals surface area contributed by atoms with E-state index in [1.165, 1.54) is 24.3 Å². The molecule has 2 bridgehead atoms. The number of amides is 2. The molecule has 216 valence electrons. The summed E-state index contributed by atoms with van der Waals surface area (Å²) < 4.78 is 38.4. The zero-order chi connectivity index (χ0) is 28.5. The van der Waals surface area contributed by atoms with E-state index >= 15 is 0 Å². The fourth-order valence-corrected chi connectivity index (χ4v) is 6.16. The maximum absolute atomic E-state index is 13.7. The van der Waals surface area contributed by atoms with Crippen LogP contribution in [-0.4, -0.2) is 48.5 Å². The SMILES string of the molecule is CC1NO[C@H]([C@H]2CC3(NC(=O)COc4ccc(Cl)c(F)c4)CCC2(NC(=O)COc2ccc(Cl)c(F)c2)CC3)N1. The summed E-state index contributed by atoms with van der Waals surface area (Å²) >= 11 is 11.4. The second kappa shape index (κ2) is 11.7. The van der Waals surface area contributed by atoms with Gasteiger partial charge in [0.05, 0.1) is 16.2 Å². The van der Waals surface area contributed by atoms with Crippen LogP contribution in [0.15, 0.2) is 36.4 Å². The van der Waals surface area contributed by atoms with Crippen LogP contribution in [0, 0.1) is 17.6 Å². The quantitative estimate of drug-likeness (QED) is 0.347. The molecule has 3 atom stereocenters. The zero-order valence-electron chi connectivity index (χ0n) is 21.7. The van der Waals surface area contributed by atoms with E-state index in [1.807, 2.05) is 6.92 Å². The van der Waals surface area contributed by atoms with Gasteiger partial charge in [0, 0.05) is 29.1 Å². The standard InChI is InChI=1S/C27H30Cl2F2N4O5/c1-15-32-25(40-35-15)18-12-26(33-23(36)13-38-16-2-4-19(28)21(30)10-16)6-8-27(18,9-7-26)34-24(37)14-39-17-3-5-20(29)22(31)11-17/h2-5,10-11,15,18,25,32,35H,6-9,12-14H2,1H3,(H,33,36)(H,34,37)/t15?,18-,25-,26?,27?/m1/s1. The van der Waals surface area contributed by atoms with Crippen molar-refractivity contribution in [1.29, 1.82) is 0 Å². The van der Waals surface area contributed by atoms with E-state index in [0.717, 1.165) is 12.1 Å². The number of carbonyl (C=O) groups is 2. The van der Waals surface area contributed by atoms with E-state index < -0.39 is 28.9 Å². The van der Waals surface area contributed by atoms with Crippen LogP contribution in [0.2, 0.25) is 10.0 Å². The molecule has 6 rings (SSSR count). The van der Waals surface area contributed by atoms with Crippen LogP contribution in [-0.2, 0) is 14.4 Å². The fraction of sp³-hybridized carbons (Fsp3) is 0.481. The van der Waals surface area contributed by atoms with Gasteiger partial charge in [-0.3, -0.25) is 19.7 Å². The molecule has 13 heteroatoms. The Morgan fingerprint density at radius 3 is 2.00 bits per heavy atom. The summed E-state index contributed by atoms with van der Waals surface area (Å²) in [5, 5.41) is 9.60. The van der Waals surface area contributed by atoms with Crippen molar-refractivity contribution in [3.8, 4) is 11.5 Å². The van der Waals surface area contributed by atoms with Crippen LogP contribution in [0.5, 0.6) is 11.5 Å². The highest BCUT2D eigenvalue weighted by atomic mass is 35.5. The van der Waals surface area contributed by atoms with Gasteiger partial charge in [-0.15, -0.1) is 0 Å². The van der Waals surface area contributed by atoms with Crippen molar-refractivity contribution in [2.24, 2.45) is 5.92 Å². The average molecular weight is 599 g/mol. The van der Waals surface area contributed by atoms with Crippen LogP contribution < -0.4 is 30.9 Å². The number of ether oxygens (including phenoxy) is 2. The van der Waals surface area contributed by atoms with Gasteiger partial charge in [0.2, 0.25) is 0 Å². The first-order valence-corrected chi connectivity index (χ1v) is 13.8. The summed E-state index contributed by atoms with van der Waals surface area (Å²) in [5.74, 6) is -1.72. The van der Waals surface area contributed by atoms with Gasteiger partial charge >= 0.3 is 0 Å². The Kier molecular flexibility index (Phi) is 8.40. The molecular formula is C27H30Cl2F2N4O5. The predicted octanol–water partition coefficient (Wildman–Crippen LogP) is 3.83. The number of nitrogens with one attached hydrogen (secondary N) is 4. The highest BCUT2D eigenvalue weighted by Gasteiger charge is 2.58. The van der Waals surface area contributed by atoms with Crippen molar-refractivity contribution in [1.82, 2.24) is 21.4 Å². The summed E-state index contributed by atoms with van der Waals surface area (Å²) in [6.07, 6.45) is 2.49. The number of halogens is 4. The average Bonchev–Trinajstić information content (AvgIpc) is 3.36. The third-order valence-corrected chi connectivity index (χ3v) is 8.50. The number of rotatable bonds is 9. The van der Waals surface area contributed by atoms with E-state index in [4.69, 9.17) is 37.5 Å². The first kappa shape index (κ1) is 28.8. The molecule has 1 saturated heterocycles. The molecule has 2 amide bonds. The molecule has 1 unspecified atom stereocenters. The maximum atomic E-state index is 13.7. The molecule has 4 aliphatic rings. The minimum Gasteiger partial charge on any atom is -0.484 e. The fourth-order valence-electron chi connectivity index (χ4n) is 5.92. The lowest BCUT2D eigenvalue weighted by Crippen LogP contribution is -2.71. The van der Waals surface area contributed by atoms with Gasteiger partial charge in [-0.2, -0.15) is 5.48 Å². The van der Waals surface area contributed by atoms with E-state index in [0.29, 0.717) is 32.1 Å². The molecule has 1 aliphatic heterocycles. The van der Waals surface area contributed by atoms with Crippen LogP contribution >= 0.6 is 23.2 Å². The van der Waals surface area contributed by atoms with E-state index in [2.05, 4.69) is 21.4 Å². The van der Waals surface area contributed by atoms with Gasteiger partial charge in [-0.05, 0) is 63.3 Å². The van der Waals surface area contributed by atoms with Gasteiger partial charge in [-0.25, -0.2) is 8.78 Å². The monoisotopic (exact) mass is 598 g/mol. The lowest BCUT2D eigenvalue weighted by Gasteiger charge is -2.59. The Labute approximate surface area is 240 Å². The number of hydroxylamine groups is 1. The molecule has 3 aliphatic carbocycles. The molecule has 1 heterocycles. The summed E-state index contributed by atoms with van der Waals surface area (Å²) in [6, 6.07) is 7.99. The smallest absolute Gasteiger partial charge is 0.258 e. The van der Waals surface area contributed by atoms with Crippen LogP contribution in [0.3, 0.4) is 0 Å². The van der Waals surface area contributed by atoms with Crippen LogP contribution in [0.1, 0.15) is 39.0 Å². The molecule has 0 aromatic heterocycles. The lowest BCUT2D eigenvalue weighted by molar-refractivity contribution is -0.139. The number of hydrogen-bond acceptors (Lipinski definition) is 7. The second-order valence-corrected chi connectivity index (χ2v) is 11.4. The van der Waals surface area contributed by atoms with Crippen molar-refractivity contribution in [3.63, 3.8) is 0 Å². The summed E-state index contributed by atoms with van der Waals surface area (Å²) in [4.78, 5) is 31.7. The molecular weight excluding hydrogens is 569 g/mol. The third-order valence-electron chi connectivity index (χ3n) is 7.89. The van der Waals surface area contributed by atoms with E-state index in [-0.39, 0.29) is 58.7 Å². The van der Waals surface area contributed by atoms with Crippen molar-refractivity contribution >= 4 is 35.0 Å². The van der Waals surface area contributed by atoms with Gasteiger partial charge < -0.3 is 20.1 Å². The first-order valence-electron chi connectivity index (χ1n) is 13.0. The van der Waals surface area contributed by atoms with E-state index in [9.17, 15) is 18.4 Å². The largest absolute Gasteiger partial charge is 0.484 e. The van der Waals surface area contributed by atoms with Crippen molar-refractivity contribution < 1.29 is 32.7 Å². The minimum atomic E-state index is -0.631. The summed E-state index contributed by atoms with van der Waals surface area (Å²) in [6.45, 7) is 1.34. The second-order valence-electron chi connectivity index (χ2n) is 10.6. The van der Waals surface area contributed by atoms with Crippen molar-refractivity contribution in [2.45, 2.75) is 62.5 Å². The van der Waals surface area contributed by atoms with Crippen molar-refractivity contribution in [2.75, 3.05) is 13.2 Å². The van der Waals surface area contributed by atoms with Crippen LogP contribution in [0.4, 0.5) is 8.78 Å². The Bertz CT molecular complexity index is 1280. The molecule has 3 saturated carbocycles. The Morgan fingerprint density at radius 1 is 0.950 bits per heavy atom. The predicted molar refractivity (Wildman–Crippen MR) is 143 cm³/mol. The molecule has 2 aromatic carbocycles. The minimum absolute atomic E-state index is 0.0290. The number of fused-ring (bicyclic) bond motifs is 3. The highest BCUT2D eigenvalue weighted by Crippen LogP contribution is 2.52. The summed E-state index contributed by atoms with van der Waals surface area (Å²) in [7, 11) is 0. The van der Waals surface area contributed by atoms with Gasteiger partial charge in [0.15, 0.2) is 13.2 Å². The van der Waals surface area contributed by atoms with Gasteiger partial charge in [0.25, 0.3) is 11.8 Å². The van der Waals surface area contributed by atoms with Crippen molar-refractivity contribution in [3.05, 3.63) is 58.1 Å². The molecule has 2 aromatic rings. The number of hydrogen-bond donors (Lipinski definition) is 4. The summed E-state index contributed by atoms with van der Waals surface area (Å²) in [5.41, 5.74) is 1.80. The number of benzene rings is 2. The molecule has 4 N–H and O–H groups in total. The topological polar surface area (TPSA) is 110 Å². The number of carbonyl (C=O) groups excluding carboxylic acids is 2. The molecule has 0 radical (unpaired) electrons. The van der Waals surface area contributed by atoms with Crippen LogP contribution in [0.25, 0.3) is 0 Å². The molecule has 9 nitrogen and oxygen atoms in total. The lowest BCUT2D eigenvalue weighted by atomic mass is 9.55. The Hall–Kier alpha value is -2.70. The first-order chi connectivity index (χ1) is 19.1. The van der Waals surface area contributed by atoms with Gasteiger partial charge in [0.1, 0.15) is 29.4 Å². The Morgan fingerprint density at radius 2 is 1.50 bits per heavy atom. The molecule has 0 spiro atoms. The highest BCUT2D eigenvalue weighted by molar-refractivity contribution is 6.31. The van der Waals surface area contributed by atoms with Gasteiger partial charge in [-0.1, -0.05) is 23.2 Å². The molecule has 4 fully saturated rings. The third kappa shape index (κ3) is 6.28. The maximum Gasteiger partial charge on any atom is 0.258 e. The zero-order valence-corrected chi connectivity index (χ0v) is 23.2. The molecule has 40 heavy (non-hydrogen) atoms. The Balaban J connectivity index is 1.23. The normalized spacial score (nSPS) is 29.2. The van der Waals surface area contributed by atoms with E-state index in [1.54, 1.807) is 0 Å².